The van der Waals surface area contributed by atoms with Crippen LogP contribution in [-0.2, 0) is 4.74 Å². The van der Waals surface area contributed by atoms with Crippen molar-refractivity contribution < 1.29 is 18.3 Å². The summed E-state index contributed by atoms with van der Waals surface area (Å²) in [6, 6.07) is 1.23. The number of esters is 1. The van der Waals surface area contributed by atoms with Crippen molar-refractivity contribution in [3.63, 3.8) is 0 Å². The molecular formula is C8H7BrF2N2O2. The third-order valence-corrected chi connectivity index (χ3v) is 2.08. The minimum atomic E-state index is -2.84. The number of hydrogen-bond acceptors (Lipinski definition) is 4. The lowest BCUT2D eigenvalue weighted by molar-refractivity contribution is 0.0601. The summed E-state index contributed by atoms with van der Waals surface area (Å²) >= 11 is 2.91. The van der Waals surface area contributed by atoms with E-state index in [9.17, 15) is 13.6 Å². The first kappa shape index (κ1) is 11.8. The molecule has 0 aromatic carbocycles. The van der Waals surface area contributed by atoms with Crippen LogP contribution in [0, 0.1) is 0 Å². The average molecular weight is 281 g/mol. The van der Waals surface area contributed by atoms with Crippen molar-refractivity contribution in [3.8, 4) is 0 Å². The van der Waals surface area contributed by atoms with Gasteiger partial charge in [-0.3, -0.25) is 0 Å². The van der Waals surface area contributed by atoms with E-state index in [0.29, 0.717) is 0 Å². The van der Waals surface area contributed by atoms with E-state index >= 15 is 0 Å². The van der Waals surface area contributed by atoms with Crippen molar-refractivity contribution in [2.45, 2.75) is 6.43 Å². The van der Waals surface area contributed by atoms with E-state index in [2.05, 4.69) is 25.7 Å². The first-order valence-corrected chi connectivity index (χ1v) is 4.59. The normalized spacial score (nSPS) is 10.5. The van der Waals surface area contributed by atoms with Gasteiger partial charge < -0.3 is 10.5 Å². The van der Waals surface area contributed by atoms with E-state index in [1.807, 2.05) is 0 Å². The molecule has 0 saturated carbocycles. The zero-order valence-electron chi connectivity index (χ0n) is 7.63. The molecule has 4 nitrogen and oxygen atoms in total. The molecule has 1 rings (SSSR count). The number of alkyl halides is 2. The highest BCUT2D eigenvalue weighted by Crippen LogP contribution is 2.28. The third-order valence-electron chi connectivity index (χ3n) is 1.67. The van der Waals surface area contributed by atoms with Crippen LogP contribution in [0.4, 0.5) is 14.5 Å². The molecule has 0 atom stereocenters. The topological polar surface area (TPSA) is 65.2 Å². The molecular weight excluding hydrogens is 274 g/mol. The molecule has 0 radical (unpaired) electrons. The van der Waals surface area contributed by atoms with E-state index in [0.717, 1.165) is 7.11 Å². The Hall–Kier alpha value is -1.24. The number of hydrogen-bond donors (Lipinski definition) is 1. The summed E-state index contributed by atoms with van der Waals surface area (Å²) in [7, 11) is 1.14. The second-order valence-electron chi connectivity index (χ2n) is 2.58. The van der Waals surface area contributed by atoms with Crippen LogP contribution in [0.25, 0.3) is 0 Å². The number of nitrogen functional groups attached to an aromatic ring is 1. The maximum absolute atomic E-state index is 12.4. The number of anilines is 1. The van der Waals surface area contributed by atoms with Gasteiger partial charge in [-0.05, 0) is 22.0 Å². The molecule has 2 N–H and O–H groups in total. The highest BCUT2D eigenvalue weighted by molar-refractivity contribution is 9.10. The summed E-state index contributed by atoms with van der Waals surface area (Å²) in [4.78, 5) is 14.6. The fourth-order valence-electron chi connectivity index (χ4n) is 0.988. The Balaban J connectivity index is 3.34. The Morgan fingerprint density at radius 2 is 2.27 bits per heavy atom. The van der Waals surface area contributed by atoms with Crippen LogP contribution in [0.3, 0.4) is 0 Å². The summed E-state index contributed by atoms with van der Waals surface area (Å²) in [6.45, 7) is 0. The Bertz CT molecular complexity index is 398. The van der Waals surface area contributed by atoms with Gasteiger partial charge in [-0.2, -0.15) is 0 Å². The predicted molar refractivity (Wildman–Crippen MR) is 52.6 cm³/mol. The number of nitrogens with two attached hydrogens (primary N) is 1. The van der Waals surface area contributed by atoms with Gasteiger partial charge >= 0.3 is 5.97 Å². The summed E-state index contributed by atoms with van der Waals surface area (Å²) in [6.07, 6.45) is -2.84. The largest absolute Gasteiger partial charge is 0.465 e. The van der Waals surface area contributed by atoms with Gasteiger partial charge in [0, 0.05) is 0 Å². The maximum atomic E-state index is 12.4. The molecule has 82 valence electrons. The molecule has 0 aliphatic rings. The average Bonchev–Trinajstić information content (AvgIpc) is 2.19. The van der Waals surface area contributed by atoms with Crippen LogP contribution >= 0.6 is 15.9 Å². The van der Waals surface area contributed by atoms with E-state index in [1.165, 1.54) is 6.07 Å². The van der Waals surface area contributed by atoms with Gasteiger partial charge in [0.15, 0.2) is 0 Å². The predicted octanol–water partition coefficient (Wildman–Crippen LogP) is 2.15. The molecule has 0 bridgehead atoms. The standard InChI is InChI=1S/C8H7BrF2N2O2/c1-15-8(14)3-2-4(9)13-6(5(3)12)7(10)11/h2,7H,12H2,1H3. The van der Waals surface area contributed by atoms with E-state index in [4.69, 9.17) is 5.73 Å². The summed E-state index contributed by atoms with van der Waals surface area (Å²) in [5.41, 5.74) is 4.24. The van der Waals surface area contributed by atoms with Crippen LogP contribution in [0.2, 0.25) is 0 Å². The number of nitrogens with zero attached hydrogens (tertiary/aromatic N) is 1. The van der Waals surface area contributed by atoms with Crippen molar-refractivity contribution in [1.29, 1.82) is 0 Å². The van der Waals surface area contributed by atoms with Crippen LogP contribution in [0.5, 0.6) is 0 Å². The van der Waals surface area contributed by atoms with Crippen LogP contribution in [0.15, 0.2) is 10.7 Å². The number of aromatic nitrogens is 1. The second kappa shape index (κ2) is 4.52. The van der Waals surface area contributed by atoms with Gasteiger partial charge in [0.1, 0.15) is 10.3 Å². The van der Waals surface area contributed by atoms with Crippen molar-refractivity contribution in [2.75, 3.05) is 12.8 Å². The number of rotatable bonds is 2. The van der Waals surface area contributed by atoms with Gasteiger partial charge in [-0.1, -0.05) is 0 Å². The fourth-order valence-corrected chi connectivity index (χ4v) is 1.41. The Morgan fingerprint density at radius 3 is 2.73 bits per heavy atom. The van der Waals surface area contributed by atoms with Crippen LogP contribution < -0.4 is 5.73 Å². The monoisotopic (exact) mass is 280 g/mol. The number of methoxy groups -OCH3 is 1. The number of pyridine rings is 1. The lowest BCUT2D eigenvalue weighted by atomic mass is 10.2. The number of carbonyl (C=O) groups excluding carboxylic acids is 1. The highest BCUT2D eigenvalue weighted by atomic mass is 79.9. The van der Waals surface area contributed by atoms with Gasteiger partial charge in [0.2, 0.25) is 0 Å². The summed E-state index contributed by atoms with van der Waals surface area (Å²) in [5.74, 6) is -0.780. The Labute approximate surface area is 92.6 Å². The van der Waals surface area contributed by atoms with E-state index in [-0.39, 0.29) is 15.9 Å². The smallest absolute Gasteiger partial charge is 0.340 e. The first-order valence-electron chi connectivity index (χ1n) is 3.79. The maximum Gasteiger partial charge on any atom is 0.340 e. The first-order chi connectivity index (χ1) is 6.97. The molecule has 1 aromatic rings. The zero-order valence-corrected chi connectivity index (χ0v) is 9.22. The molecule has 7 heteroatoms. The van der Waals surface area contributed by atoms with Crippen molar-refractivity contribution in [2.24, 2.45) is 0 Å². The second-order valence-corrected chi connectivity index (χ2v) is 3.40. The van der Waals surface area contributed by atoms with Gasteiger partial charge in [-0.15, -0.1) is 0 Å². The molecule has 15 heavy (non-hydrogen) atoms. The van der Waals surface area contributed by atoms with Gasteiger partial charge in [0.25, 0.3) is 6.43 Å². The summed E-state index contributed by atoms with van der Waals surface area (Å²) < 4.78 is 29.4. The van der Waals surface area contributed by atoms with E-state index in [1.54, 1.807) is 0 Å². The molecule has 0 fully saturated rings. The zero-order chi connectivity index (χ0) is 11.6. The Kier molecular flexibility index (Phi) is 3.57. The molecule has 0 aliphatic heterocycles. The molecule has 0 aliphatic carbocycles. The molecule has 1 heterocycles. The number of carbonyl (C=O) groups is 1. The van der Waals surface area contributed by atoms with Crippen LogP contribution in [0.1, 0.15) is 22.5 Å². The quantitative estimate of drug-likeness (QED) is 0.666. The van der Waals surface area contributed by atoms with Gasteiger partial charge in [0.05, 0.1) is 18.4 Å². The van der Waals surface area contributed by atoms with Crippen molar-refractivity contribution in [3.05, 3.63) is 21.9 Å². The van der Waals surface area contributed by atoms with Crippen LogP contribution in [-0.4, -0.2) is 18.1 Å². The number of halogens is 3. The SMILES string of the molecule is COC(=O)c1cc(Br)nc(C(F)F)c1N. The van der Waals surface area contributed by atoms with E-state index < -0.39 is 18.1 Å². The molecule has 0 amide bonds. The lowest BCUT2D eigenvalue weighted by Crippen LogP contribution is -2.10. The molecule has 0 saturated heterocycles. The summed E-state index contributed by atoms with van der Waals surface area (Å²) in [5, 5.41) is 0. The highest BCUT2D eigenvalue weighted by Gasteiger charge is 2.21. The minimum Gasteiger partial charge on any atom is -0.465 e. The molecule has 0 unspecified atom stereocenters. The lowest BCUT2D eigenvalue weighted by Gasteiger charge is -2.08. The third kappa shape index (κ3) is 2.41. The van der Waals surface area contributed by atoms with Crippen molar-refractivity contribution in [1.82, 2.24) is 4.98 Å². The Morgan fingerprint density at radius 1 is 1.67 bits per heavy atom. The van der Waals surface area contributed by atoms with Crippen molar-refractivity contribution >= 4 is 27.6 Å². The van der Waals surface area contributed by atoms with Gasteiger partial charge in [-0.25, -0.2) is 18.6 Å². The number of ether oxygens (including phenoxy) is 1. The minimum absolute atomic E-state index is 0.104. The molecule has 0 spiro atoms. The fraction of sp³-hybridized carbons (Fsp3) is 0.250. The molecule has 1 aromatic heterocycles.